The summed E-state index contributed by atoms with van der Waals surface area (Å²) in [5.74, 6) is 5.75. The van der Waals surface area contributed by atoms with Gasteiger partial charge in [-0.1, -0.05) is 6.92 Å². The van der Waals surface area contributed by atoms with Crippen LogP contribution < -0.4 is 9.64 Å². The number of hydrogen-bond acceptors (Lipinski definition) is 2. The molecule has 2 heterocycles. The van der Waals surface area contributed by atoms with E-state index in [2.05, 4.69) is 17.1 Å². The van der Waals surface area contributed by atoms with Crippen LogP contribution in [0.4, 0.5) is 0 Å². The summed E-state index contributed by atoms with van der Waals surface area (Å²) in [4.78, 5) is 2.58. The first-order valence-electron chi connectivity index (χ1n) is 9.11. The van der Waals surface area contributed by atoms with E-state index in [9.17, 15) is 4.21 Å². The lowest BCUT2D eigenvalue weighted by Gasteiger charge is -2.39. The largest absolute Gasteiger partial charge is 0.497 e. The predicted molar refractivity (Wildman–Crippen MR) is 100 cm³/mol. The van der Waals surface area contributed by atoms with E-state index in [0.29, 0.717) is 0 Å². The average Bonchev–Trinajstić information content (AvgIpc) is 2.62. The van der Waals surface area contributed by atoms with Crippen molar-refractivity contribution in [1.82, 2.24) is 4.31 Å². The van der Waals surface area contributed by atoms with E-state index < -0.39 is 9.71 Å². The van der Waals surface area contributed by atoms with Crippen molar-refractivity contribution in [2.75, 3.05) is 33.3 Å². The van der Waals surface area contributed by atoms with Gasteiger partial charge in [-0.2, -0.15) is 0 Å². The Balaban J connectivity index is 1.60. The summed E-state index contributed by atoms with van der Waals surface area (Å²) in [5.41, 5.74) is 0. The van der Waals surface area contributed by atoms with Crippen molar-refractivity contribution in [3.63, 3.8) is 0 Å². The minimum atomic E-state index is -2.38. The smallest absolute Gasteiger partial charge is 0.118 e. The highest BCUT2D eigenvalue weighted by molar-refractivity contribution is 7.98. The molecule has 1 N–H and O–H groups in total. The number of likely N-dealkylation sites (tertiary alicyclic amines) is 1. The zero-order valence-electron chi connectivity index (χ0n) is 15.0. The van der Waals surface area contributed by atoms with E-state index in [-0.39, 0.29) is 0 Å². The summed E-state index contributed by atoms with van der Waals surface area (Å²) >= 11 is 0. The van der Waals surface area contributed by atoms with Crippen LogP contribution in [0.1, 0.15) is 32.6 Å². The first-order valence-corrected chi connectivity index (χ1v) is 10.8. The van der Waals surface area contributed by atoms with E-state index in [1.54, 1.807) is 12.0 Å². The molecule has 134 valence electrons. The lowest BCUT2D eigenvalue weighted by atomic mass is 9.95. The molecule has 2 aliphatic rings. The molecule has 0 aliphatic carbocycles. The maximum Gasteiger partial charge on any atom is 0.118 e. The first-order chi connectivity index (χ1) is 11.5. The van der Waals surface area contributed by atoms with Crippen molar-refractivity contribution < 1.29 is 13.8 Å². The molecular formula is C19H31N2O2S+. The highest BCUT2D eigenvalue weighted by Crippen LogP contribution is 2.22. The number of nitrogens with one attached hydrogen (secondary N) is 1. The molecule has 24 heavy (non-hydrogen) atoms. The highest BCUT2D eigenvalue weighted by atomic mass is 32.2. The Morgan fingerprint density at radius 3 is 2.25 bits per heavy atom. The molecule has 0 saturated carbocycles. The number of methoxy groups -OCH3 is 1. The normalized spacial score (nSPS) is 29.1. The van der Waals surface area contributed by atoms with Gasteiger partial charge in [0.2, 0.25) is 0 Å². The Morgan fingerprint density at radius 1 is 1.12 bits per heavy atom. The van der Waals surface area contributed by atoms with Crippen molar-refractivity contribution in [3.05, 3.63) is 24.3 Å². The SMILES string of the molecule is C=S(=O)(c1ccc(OC)cc1)N1CCC([NH+]2CCC(C)CC2)CC1. The van der Waals surface area contributed by atoms with Crippen LogP contribution in [0.5, 0.6) is 5.75 Å². The van der Waals surface area contributed by atoms with Crippen LogP contribution in [0, 0.1) is 5.92 Å². The lowest BCUT2D eigenvalue weighted by Crippen LogP contribution is -3.17. The third kappa shape index (κ3) is 3.79. The quantitative estimate of drug-likeness (QED) is 0.834. The first kappa shape index (κ1) is 17.8. The van der Waals surface area contributed by atoms with Gasteiger partial charge in [0.05, 0.1) is 35.9 Å². The molecule has 0 spiro atoms. The third-order valence-corrected chi connectivity index (χ3v) is 8.00. The second-order valence-corrected chi connectivity index (χ2v) is 9.63. The molecule has 1 atom stereocenters. The standard InChI is InChI=1S/C19H30N2O2S/c1-16-8-12-20(13-9-16)17-10-14-21(15-11-17)24(3,22)19-6-4-18(23-2)5-7-19/h4-7,16-17H,3,8-15H2,1-2H3/p+1. The van der Waals surface area contributed by atoms with Crippen LogP contribution in [0.2, 0.25) is 0 Å². The van der Waals surface area contributed by atoms with E-state index in [1.165, 1.54) is 25.9 Å². The van der Waals surface area contributed by atoms with Gasteiger partial charge in [0.1, 0.15) is 5.75 Å². The molecule has 0 bridgehead atoms. The van der Waals surface area contributed by atoms with Crippen molar-refractivity contribution in [3.8, 4) is 5.75 Å². The van der Waals surface area contributed by atoms with Crippen LogP contribution in [-0.2, 0) is 9.71 Å². The highest BCUT2D eigenvalue weighted by Gasteiger charge is 2.32. The molecular weight excluding hydrogens is 320 g/mol. The monoisotopic (exact) mass is 351 g/mol. The fraction of sp³-hybridized carbons (Fsp3) is 0.632. The molecule has 1 unspecified atom stereocenters. The second kappa shape index (κ2) is 7.46. The van der Waals surface area contributed by atoms with Gasteiger partial charge in [-0.25, -0.2) is 8.51 Å². The van der Waals surface area contributed by atoms with Crippen LogP contribution in [0.3, 0.4) is 0 Å². The number of benzene rings is 1. The Bertz CT molecular complexity index is 626. The van der Waals surface area contributed by atoms with Gasteiger partial charge in [0.15, 0.2) is 0 Å². The molecule has 3 rings (SSSR count). The van der Waals surface area contributed by atoms with E-state index in [4.69, 9.17) is 4.74 Å². The summed E-state index contributed by atoms with van der Waals surface area (Å²) in [6, 6.07) is 8.24. The minimum Gasteiger partial charge on any atom is -0.497 e. The minimum absolute atomic E-state index is 0.736. The van der Waals surface area contributed by atoms with E-state index >= 15 is 0 Å². The number of hydrogen-bond donors (Lipinski definition) is 1. The summed E-state index contributed by atoms with van der Waals surface area (Å²) in [6.45, 7) is 6.76. The number of quaternary nitrogens is 1. The van der Waals surface area contributed by atoms with Gasteiger partial charge in [-0.15, -0.1) is 0 Å². The number of nitrogens with zero attached hydrogens (tertiary/aromatic N) is 1. The second-order valence-electron chi connectivity index (χ2n) is 7.36. The van der Waals surface area contributed by atoms with Gasteiger partial charge in [-0.3, -0.25) is 0 Å². The molecule has 1 aromatic rings. The zero-order chi connectivity index (χ0) is 17.2. The fourth-order valence-electron chi connectivity index (χ4n) is 4.04. The number of ether oxygens (including phenoxy) is 1. The van der Waals surface area contributed by atoms with Crippen LogP contribution >= 0.6 is 0 Å². The number of piperidine rings is 2. The van der Waals surface area contributed by atoms with Gasteiger partial charge < -0.3 is 9.64 Å². The molecule has 5 heteroatoms. The molecule has 0 aromatic heterocycles. The Hall–Kier alpha value is -1.04. The average molecular weight is 352 g/mol. The van der Waals surface area contributed by atoms with Crippen molar-refractivity contribution >= 4 is 15.6 Å². The van der Waals surface area contributed by atoms with Gasteiger partial charge >= 0.3 is 0 Å². The van der Waals surface area contributed by atoms with E-state index in [1.807, 2.05) is 24.3 Å². The number of rotatable bonds is 4. The van der Waals surface area contributed by atoms with Crippen LogP contribution in [0.15, 0.2) is 29.2 Å². The fourth-order valence-corrected chi connectivity index (χ4v) is 5.70. The predicted octanol–water partition coefficient (Wildman–Crippen LogP) is 1.46. The molecule has 2 saturated heterocycles. The molecule has 2 aliphatic heterocycles. The summed E-state index contributed by atoms with van der Waals surface area (Å²) in [6.07, 6.45) is 4.97. The lowest BCUT2D eigenvalue weighted by molar-refractivity contribution is -0.932. The maximum absolute atomic E-state index is 13.2. The van der Waals surface area contributed by atoms with E-state index in [0.717, 1.165) is 48.5 Å². The van der Waals surface area contributed by atoms with Gasteiger partial charge in [-0.05, 0) is 48.9 Å². The summed E-state index contributed by atoms with van der Waals surface area (Å²) in [7, 11) is -0.738. The van der Waals surface area contributed by atoms with Crippen molar-refractivity contribution in [2.24, 2.45) is 5.92 Å². The molecule has 2 fully saturated rings. The van der Waals surface area contributed by atoms with Gasteiger partial charge in [0, 0.05) is 30.8 Å². The van der Waals surface area contributed by atoms with Crippen LogP contribution in [0.25, 0.3) is 0 Å². The molecule has 4 nitrogen and oxygen atoms in total. The molecule has 0 radical (unpaired) electrons. The van der Waals surface area contributed by atoms with Crippen molar-refractivity contribution in [2.45, 2.75) is 43.5 Å². The Morgan fingerprint density at radius 2 is 1.71 bits per heavy atom. The third-order valence-electron chi connectivity index (χ3n) is 5.79. The Labute approximate surface area is 146 Å². The molecule has 1 aromatic carbocycles. The van der Waals surface area contributed by atoms with Crippen molar-refractivity contribution in [1.29, 1.82) is 0 Å². The Kier molecular flexibility index (Phi) is 5.52. The summed E-state index contributed by atoms with van der Waals surface area (Å²) in [5, 5.41) is 0. The topological polar surface area (TPSA) is 34.0 Å². The molecule has 0 amide bonds. The maximum atomic E-state index is 13.2. The summed E-state index contributed by atoms with van der Waals surface area (Å²) < 4.78 is 20.5. The van der Waals surface area contributed by atoms with Crippen LogP contribution in [-0.4, -0.2) is 53.7 Å². The van der Waals surface area contributed by atoms with Gasteiger partial charge in [0.25, 0.3) is 0 Å². The zero-order valence-corrected chi connectivity index (χ0v) is 15.8.